The molecule has 3 nitrogen and oxygen atoms in total. The molecule has 0 amide bonds. The molecule has 1 aromatic rings. The maximum Gasteiger partial charge on any atom is 0.165 e. The van der Waals surface area contributed by atoms with E-state index in [0.29, 0.717) is 18.2 Å². The van der Waals surface area contributed by atoms with Crippen LogP contribution in [-0.4, -0.2) is 23.6 Å². The van der Waals surface area contributed by atoms with Gasteiger partial charge in [-0.05, 0) is 37.7 Å². The summed E-state index contributed by atoms with van der Waals surface area (Å²) in [6, 6.07) is 2.50. The Morgan fingerprint density at radius 2 is 2.16 bits per heavy atom. The third-order valence-corrected chi connectivity index (χ3v) is 4.42. The van der Waals surface area contributed by atoms with E-state index in [1.165, 1.54) is 11.4 Å². The van der Waals surface area contributed by atoms with Gasteiger partial charge in [-0.2, -0.15) is 0 Å². The molecule has 1 atom stereocenters. The van der Waals surface area contributed by atoms with Crippen LogP contribution < -0.4 is 0 Å². The first-order chi connectivity index (χ1) is 8.98. The lowest BCUT2D eigenvalue weighted by Gasteiger charge is -2.33. The molecular weight excluding hydrogens is 238 g/mol. The van der Waals surface area contributed by atoms with Crippen LogP contribution in [0.2, 0.25) is 0 Å². The van der Waals surface area contributed by atoms with Gasteiger partial charge in [0.15, 0.2) is 5.78 Å². The molecule has 0 spiro atoms. The van der Waals surface area contributed by atoms with Crippen LogP contribution in [0.5, 0.6) is 0 Å². The van der Waals surface area contributed by atoms with E-state index in [1.54, 1.807) is 0 Å². The summed E-state index contributed by atoms with van der Waals surface area (Å²) < 4.78 is 8.01. The van der Waals surface area contributed by atoms with Crippen molar-refractivity contribution in [3.63, 3.8) is 0 Å². The molecular formula is C16H23NO2. The molecule has 0 bridgehead atoms. The van der Waals surface area contributed by atoms with Gasteiger partial charge in [0.2, 0.25) is 0 Å². The zero-order valence-electron chi connectivity index (χ0n) is 12.2. The quantitative estimate of drug-likeness (QED) is 0.776. The van der Waals surface area contributed by atoms with Crippen molar-refractivity contribution < 1.29 is 9.53 Å². The van der Waals surface area contributed by atoms with Gasteiger partial charge >= 0.3 is 0 Å². The maximum atomic E-state index is 12.3. The van der Waals surface area contributed by atoms with E-state index in [9.17, 15) is 4.79 Å². The smallest absolute Gasteiger partial charge is 0.165 e. The predicted molar refractivity (Wildman–Crippen MR) is 74.7 cm³/mol. The van der Waals surface area contributed by atoms with Gasteiger partial charge in [0.05, 0.1) is 12.6 Å². The van der Waals surface area contributed by atoms with E-state index >= 15 is 0 Å². The molecule has 1 saturated heterocycles. The molecule has 1 unspecified atom stereocenters. The van der Waals surface area contributed by atoms with Crippen LogP contribution in [0.3, 0.4) is 0 Å². The van der Waals surface area contributed by atoms with Gasteiger partial charge < -0.3 is 9.30 Å². The molecule has 2 heterocycles. The Bertz CT molecular complexity index is 507. The summed E-state index contributed by atoms with van der Waals surface area (Å²) in [6.07, 6.45) is 3.95. The van der Waals surface area contributed by atoms with E-state index in [2.05, 4.69) is 31.4 Å². The molecule has 2 aliphatic rings. The molecule has 1 aliphatic carbocycles. The molecule has 1 aromatic heterocycles. The number of fused-ring (bicyclic) bond motifs is 1. The summed E-state index contributed by atoms with van der Waals surface area (Å²) in [5.74, 6) is 0.310. The number of aryl methyl sites for hydroxylation is 1. The highest BCUT2D eigenvalue weighted by Gasteiger charge is 2.35. The molecule has 0 N–H and O–H groups in total. The minimum atomic E-state index is 0.0855. The minimum Gasteiger partial charge on any atom is -0.379 e. The van der Waals surface area contributed by atoms with E-state index < -0.39 is 0 Å². The fourth-order valence-corrected chi connectivity index (χ4v) is 3.61. The van der Waals surface area contributed by atoms with Crippen LogP contribution in [-0.2, 0) is 11.2 Å². The maximum absolute atomic E-state index is 12.3. The molecule has 3 rings (SSSR count). The van der Waals surface area contributed by atoms with Crippen molar-refractivity contribution in [3.05, 3.63) is 23.0 Å². The van der Waals surface area contributed by atoms with Crippen LogP contribution in [0.25, 0.3) is 0 Å². The number of hydrogen-bond donors (Lipinski definition) is 0. The lowest BCUT2D eigenvalue weighted by atomic mass is 9.76. The van der Waals surface area contributed by atoms with Crippen LogP contribution in [0, 0.1) is 12.3 Å². The molecule has 1 fully saturated rings. The van der Waals surface area contributed by atoms with Crippen molar-refractivity contribution in [2.45, 2.75) is 52.5 Å². The number of carbonyl (C=O) groups is 1. The van der Waals surface area contributed by atoms with Gasteiger partial charge in [0.1, 0.15) is 0 Å². The molecule has 19 heavy (non-hydrogen) atoms. The number of rotatable bonds is 1. The Kier molecular flexibility index (Phi) is 3.05. The number of ketones is 1. The van der Waals surface area contributed by atoms with Gasteiger partial charge in [0.25, 0.3) is 0 Å². The van der Waals surface area contributed by atoms with Crippen LogP contribution in [0.4, 0.5) is 0 Å². The van der Waals surface area contributed by atoms with Gasteiger partial charge in [-0.1, -0.05) is 13.8 Å². The minimum absolute atomic E-state index is 0.0855. The van der Waals surface area contributed by atoms with Crippen molar-refractivity contribution in [3.8, 4) is 0 Å². The molecule has 0 radical (unpaired) electrons. The zero-order valence-corrected chi connectivity index (χ0v) is 12.2. The van der Waals surface area contributed by atoms with E-state index in [0.717, 1.165) is 38.0 Å². The largest absolute Gasteiger partial charge is 0.379 e. The summed E-state index contributed by atoms with van der Waals surface area (Å²) in [4.78, 5) is 12.3. The average Bonchev–Trinajstić information content (AvgIpc) is 2.65. The lowest BCUT2D eigenvalue weighted by Crippen LogP contribution is -2.30. The lowest BCUT2D eigenvalue weighted by molar-refractivity contribution is 0.0567. The number of aromatic nitrogens is 1. The highest BCUT2D eigenvalue weighted by Crippen LogP contribution is 2.38. The second-order valence-corrected chi connectivity index (χ2v) is 6.83. The average molecular weight is 261 g/mol. The number of Topliss-reactive ketones (excluding diaryl/α,β-unsaturated/α-hetero) is 1. The van der Waals surface area contributed by atoms with Crippen LogP contribution in [0.1, 0.15) is 60.9 Å². The third kappa shape index (κ3) is 2.25. The second-order valence-electron chi connectivity index (χ2n) is 6.83. The SMILES string of the molecule is Cc1cc2c(n1C1CCCOC1)CC(C)(C)CC2=O. The highest BCUT2D eigenvalue weighted by atomic mass is 16.5. The fourth-order valence-electron chi connectivity index (χ4n) is 3.61. The van der Waals surface area contributed by atoms with Gasteiger partial charge in [0, 0.05) is 30.0 Å². The first-order valence-electron chi connectivity index (χ1n) is 7.29. The van der Waals surface area contributed by atoms with Crippen molar-refractivity contribution in [1.82, 2.24) is 4.57 Å². The van der Waals surface area contributed by atoms with Gasteiger partial charge in [-0.3, -0.25) is 4.79 Å². The molecule has 0 saturated carbocycles. The number of nitrogens with zero attached hydrogens (tertiary/aromatic N) is 1. The van der Waals surface area contributed by atoms with E-state index in [1.807, 2.05) is 0 Å². The molecule has 3 heteroatoms. The summed E-state index contributed by atoms with van der Waals surface area (Å²) in [6.45, 7) is 8.17. The summed E-state index contributed by atoms with van der Waals surface area (Å²) in [5.41, 5.74) is 3.51. The van der Waals surface area contributed by atoms with Crippen molar-refractivity contribution in [2.24, 2.45) is 5.41 Å². The Hall–Kier alpha value is -1.09. The Morgan fingerprint density at radius 3 is 2.84 bits per heavy atom. The van der Waals surface area contributed by atoms with Crippen LogP contribution >= 0.6 is 0 Å². The van der Waals surface area contributed by atoms with E-state index in [-0.39, 0.29) is 5.41 Å². The van der Waals surface area contributed by atoms with Gasteiger partial charge in [-0.15, -0.1) is 0 Å². The van der Waals surface area contributed by atoms with Gasteiger partial charge in [-0.25, -0.2) is 0 Å². The molecule has 0 aromatic carbocycles. The summed E-state index contributed by atoms with van der Waals surface area (Å²) in [5, 5.41) is 0. The van der Waals surface area contributed by atoms with Crippen molar-refractivity contribution >= 4 is 5.78 Å². The number of carbonyl (C=O) groups excluding carboxylic acids is 1. The summed E-state index contributed by atoms with van der Waals surface area (Å²) >= 11 is 0. The first-order valence-corrected chi connectivity index (χ1v) is 7.29. The first kappa shape index (κ1) is 12.9. The van der Waals surface area contributed by atoms with Crippen molar-refractivity contribution in [1.29, 1.82) is 0 Å². The van der Waals surface area contributed by atoms with E-state index in [4.69, 9.17) is 4.74 Å². The molecule has 1 aliphatic heterocycles. The third-order valence-electron chi connectivity index (χ3n) is 4.42. The number of ether oxygens (including phenoxy) is 1. The standard InChI is InChI=1S/C16H23NO2/c1-11-7-13-14(8-16(2,3)9-15(13)18)17(11)12-5-4-6-19-10-12/h7,12H,4-6,8-10H2,1-3H3. The Labute approximate surface area is 114 Å². The summed E-state index contributed by atoms with van der Waals surface area (Å²) in [7, 11) is 0. The van der Waals surface area contributed by atoms with Crippen molar-refractivity contribution in [2.75, 3.05) is 13.2 Å². The fraction of sp³-hybridized carbons (Fsp3) is 0.688. The normalized spacial score (nSPS) is 26.3. The molecule has 104 valence electrons. The Balaban J connectivity index is 2.04. The number of hydrogen-bond acceptors (Lipinski definition) is 2. The van der Waals surface area contributed by atoms with Crippen LogP contribution in [0.15, 0.2) is 6.07 Å². The zero-order chi connectivity index (χ0) is 13.6. The Morgan fingerprint density at radius 1 is 1.37 bits per heavy atom. The second kappa shape index (κ2) is 4.48. The topological polar surface area (TPSA) is 31.2 Å². The predicted octanol–water partition coefficient (Wildman–Crippen LogP) is 3.30. The highest BCUT2D eigenvalue weighted by molar-refractivity contribution is 5.99. The monoisotopic (exact) mass is 261 g/mol.